The van der Waals surface area contributed by atoms with Crippen LogP contribution < -0.4 is 0 Å². The highest BCUT2D eigenvalue weighted by Gasteiger charge is 2.21. The van der Waals surface area contributed by atoms with Gasteiger partial charge in [-0.25, -0.2) is 4.39 Å². The van der Waals surface area contributed by atoms with Crippen molar-refractivity contribution >= 4 is 21.8 Å². The first-order valence-electron chi connectivity index (χ1n) is 6.62. The minimum absolute atomic E-state index is 0.0228. The van der Waals surface area contributed by atoms with Gasteiger partial charge in [-0.15, -0.1) is 0 Å². The molecule has 0 aliphatic carbocycles. The number of amides is 1. The van der Waals surface area contributed by atoms with Crippen LogP contribution in [0.2, 0.25) is 0 Å². The van der Waals surface area contributed by atoms with E-state index in [9.17, 15) is 9.18 Å². The summed E-state index contributed by atoms with van der Waals surface area (Å²) in [5.74, 6) is -0.512. The Kier molecular flexibility index (Phi) is 4.77. The number of carbonyl (C=O) groups excluding carboxylic acids is 1. The molecule has 0 unspecified atom stereocenters. The Morgan fingerprint density at radius 2 is 2.19 bits per heavy atom. The van der Waals surface area contributed by atoms with Crippen LogP contribution in [0.1, 0.15) is 29.8 Å². The number of nitrogens with zero attached hydrogens (tertiary/aromatic N) is 3. The van der Waals surface area contributed by atoms with Gasteiger partial charge in [0.2, 0.25) is 0 Å². The minimum Gasteiger partial charge on any atom is -0.332 e. The molecule has 1 amide bonds. The molecule has 0 saturated heterocycles. The lowest BCUT2D eigenvalue weighted by molar-refractivity contribution is 0.0689. The van der Waals surface area contributed by atoms with Gasteiger partial charge in [-0.05, 0) is 48.0 Å². The molecule has 0 bridgehead atoms. The molecule has 1 aromatic heterocycles. The van der Waals surface area contributed by atoms with Crippen molar-refractivity contribution in [3.05, 3.63) is 52.0 Å². The maximum Gasteiger partial charge on any atom is 0.255 e. The molecule has 0 aliphatic rings. The molecular formula is C15H17BrFN3O. The summed E-state index contributed by atoms with van der Waals surface area (Å²) in [4.78, 5) is 14.4. The van der Waals surface area contributed by atoms with Gasteiger partial charge in [-0.2, -0.15) is 5.10 Å². The molecule has 1 aromatic carbocycles. The van der Waals surface area contributed by atoms with Crippen LogP contribution >= 0.6 is 15.9 Å². The summed E-state index contributed by atoms with van der Waals surface area (Å²) in [5, 5.41) is 4.11. The second-order valence-corrected chi connectivity index (χ2v) is 6.03. The van der Waals surface area contributed by atoms with E-state index in [2.05, 4.69) is 21.0 Å². The van der Waals surface area contributed by atoms with E-state index in [1.165, 1.54) is 18.2 Å². The SMILES string of the molecule is CC(C)N(Cc1cnn(C)c1)C(=O)c1ccc(F)cc1Br. The standard InChI is InChI=1S/C15H17BrFN3O/c1-10(2)20(9-11-7-18-19(3)8-11)15(21)13-5-4-12(17)6-14(13)16/h4-8,10H,9H2,1-3H3. The summed E-state index contributed by atoms with van der Waals surface area (Å²) >= 11 is 3.25. The van der Waals surface area contributed by atoms with Crippen LogP contribution in [0, 0.1) is 5.82 Å². The maximum atomic E-state index is 13.2. The molecule has 21 heavy (non-hydrogen) atoms. The molecule has 1 heterocycles. The van der Waals surface area contributed by atoms with Crippen LogP contribution in [0.4, 0.5) is 4.39 Å². The molecule has 2 rings (SSSR count). The number of hydrogen-bond donors (Lipinski definition) is 0. The zero-order chi connectivity index (χ0) is 15.6. The monoisotopic (exact) mass is 353 g/mol. The largest absolute Gasteiger partial charge is 0.332 e. The minimum atomic E-state index is -0.373. The Bertz CT molecular complexity index is 654. The van der Waals surface area contributed by atoms with Crippen molar-refractivity contribution in [1.82, 2.24) is 14.7 Å². The van der Waals surface area contributed by atoms with Gasteiger partial charge in [-0.3, -0.25) is 9.48 Å². The molecule has 0 radical (unpaired) electrons. The number of benzene rings is 1. The zero-order valence-electron chi connectivity index (χ0n) is 12.2. The maximum absolute atomic E-state index is 13.2. The predicted molar refractivity (Wildman–Crippen MR) is 82.3 cm³/mol. The first kappa shape index (κ1) is 15.7. The quantitative estimate of drug-likeness (QED) is 0.844. The normalized spacial score (nSPS) is 11.0. The highest BCUT2D eigenvalue weighted by Crippen LogP contribution is 2.21. The van der Waals surface area contributed by atoms with E-state index >= 15 is 0 Å². The smallest absolute Gasteiger partial charge is 0.255 e. The molecule has 112 valence electrons. The topological polar surface area (TPSA) is 38.1 Å². The molecule has 0 atom stereocenters. The number of rotatable bonds is 4. The predicted octanol–water partition coefficient (Wildman–Crippen LogP) is 3.37. The second kappa shape index (κ2) is 6.39. The van der Waals surface area contributed by atoms with Crippen LogP contribution in [-0.2, 0) is 13.6 Å². The fraction of sp³-hybridized carbons (Fsp3) is 0.333. The first-order chi connectivity index (χ1) is 9.88. The van der Waals surface area contributed by atoms with Crippen LogP contribution in [0.5, 0.6) is 0 Å². The number of aromatic nitrogens is 2. The zero-order valence-corrected chi connectivity index (χ0v) is 13.8. The van der Waals surface area contributed by atoms with E-state index < -0.39 is 0 Å². The van der Waals surface area contributed by atoms with Crippen molar-refractivity contribution in [3.63, 3.8) is 0 Å². The molecular weight excluding hydrogens is 337 g/mol. The number of carbonyl (C=O) groups is 1. The summed E-state index contributed by atoms with van der Waals surface area (Å²) in [5.41, 5.74) is 1.41. The summed E-state index contributed by atoms with van der Waals surface area (Å²) in [6.45, 7) is 4.37. The summed E-state index contributed by atoms with van der Waals surface area (Å²) in [6.07, 6.45) is 3.62. The van der Waals surface area contributed by atoms with E-state index in [-0.39, 0.29) is 17.8 Å². The fourth-order valence-electron chi connectivity index (χ4n) is 2.06. The average Bonchev–Trinajstić information content (AvgIpc) is 2.80. The third kappa shape index (κ3) is 3.69. The molecule has 0 N–H and O–H groups in total. The molecule has 0 spiro atoms. The number of halogens is 2. The Labute approximate surface area is 131 Å². The fourth-order valence-corrected chi connectivity index (χ4v) is 2.58. The molecule has 0 saturated carbocycles. The number of aryl methyl sites for hydroxylation is 1. The summed E-state index contributed by atoms with van der Waals surface area (Å²) < 4.78 is 15.3. The average molecular weight is 354 g/mol. The third-order valence-corrected chi connectivity index (χ3v) is 3.81. The van der Waals surface area contributed by atoms with E-state index in [1.54, 1.807) is 15.8 Å². The molecule has 0 aliphatic heterocycles. The van der Waals surface area contributed by atoms with Gasteiger partial charge < -0.3 is 4.90 Å². The van der Waals surface area contributed by atoms with Crippen molar-refractivity contribution in [2.45, 2.75) is 26.4 Å². The van der Waals surface area contributed by atoms with E-state index in [1.807, 2.05) is 27.1 Å². The summed E-state index contributed by atoms with van der Waals surface area (Å²) in [6, 6.07) is 4.12. The molecule has 0 fully saturated rings. The van der Waals surface area contributed by atoms with Crippen molar-refractivity contribution in [3.8, 4) is 0 Å². The van der Waals surface area contributed by atoms with Gasteiger partial charge >= 0.3 is 0 Å². The highest BCUT2D eigenvalue weighted by atomic mass is 79.9. The van der Waals surface area contributed by atoms with Crippen molar-refractivity contribution in [2.75, 3.05) is 0 Å². The molecule has 2 aromatic rings. The van der Waals surface area contributed by atoms with Gasteiger partial charge in [0.15, 0.2) is 0 Å². The van der Waals surface area contributed by atoms with Crippen molar-refractivity contribution in [2.24, 2.45) is 7.05 Å². The van der Waals surface area contributed by atoms with Gasteiger partial charge in [0.05, 0.1) is 11.8 Å². The van der Waals surface area contributed by atoms with Gasteiger partial charge in [0, 0.05) is 35.9 Å². The van der Waals surface area contributed by atoms with E-state index in [4.69, 9.17) is 0 Å². The van der Waals surface area contributed by atoms with E-state index in [0.717, 1.165) is 5.56 Å². The lowest BCUT2D eigenvalue weighted by atomic mass is 10.1. The third-order valence-electron chi connectivity index (χ3n) is 3.16. The second-order valence-electron chi connectivity index (χ2n) is 5.17. The first-order valence-corrected chi connectivity index (χ1v) is 7.41. The van der Waals surface area contributed by atoms with Crippen LogP contribution in [0.25, 0.3) is 0 Å². The van der Waals surface area contributed by atoms with Crippen LogP contribution in [0.3, 0.4) is 0 Å². The van der Waals surface area contributed by atoms with Crippen LogP contribution in [-0.4, -0.2) is 26.6 Å². The Morgan fingerprint density at radius 1 is 1.48 bits per heavy atom. The molecule has 4 nitrogen and oxygen atoms in total. The van der Waals surface area contributed by atoms with Crippen molar-refractivity contribution in [1.29, 1.82) is 0 Å². The van der Waals surface area contributed by atoms with Gasteiger partial charge in [-0.1, -0.05) is 0 Å². The lowest BCUT2D eigenvalue weighted by Crippen LogP contribution is -2.36. The number of hydrogen-bond acceptors (Lipinski definition) is 2. The lowest BCUT2D eigenvalue weighted by Gasteiger charge is -2.26. The van der Waals surface area contributed by atoms with E-state index in [0.29, 0.717) is 16.6 Å². The summed E-state index contributed by atoms with van der Waals surface area (Å²) in [7, 11) is 1.83. The van der Waals surface area contributed by atoms with Gasteiger partial charge in [0.1, 0.15) is 5.82 Å². The Hall–Kier alpha value is -1.69. The highest BCUT2D eigenvalue weighted by molar-refractivity contribution is 9.10. The Balaban J connectivity index is 2.27. The van der Waals surface area contributed by atoms with Crippen molar-refractivity contribution < 1.29 is 9.18 Å². The molecule has 6 heteroatoms. The Morgan fingerprint density at radius 3 is 2.71 bits per heavy atom. The van der Waals surface area contributed by atoms with Gasteiger partial charge in [0.25, 0.3) is 5.91 Å². The van der Waals surface area contributed by atoms with Crippen LogP contribution in [0.15, 0.2) is 35.1 Å².